The van der Waals surface area contributed by atoms with E-state index in [1.165, 1.54) is 9.21 Å². The maximum Gasteiger partial charge on any atom is 0.326 e. The number of piperazine rings is 1. The zero-order valence-electron chi connectivity index (χ0n) is 16.7. The van der Waals surface area contributed by atoms with Gasteiger partial charge < -0.3 is 5.32 Å². The molecule has 1 N–H and O–H groups in total. The second kappa shape index (κ2) is 7.70. The Kier molecular flexibility index (Phi) is 5.39. The first-order chi connectivity index (χ1) is 13.8. The van der Waals surface area contributed by atoms with Gasteiger partial charge in [-0.2, -0.15) is 4.31 Å². The molecule has 1 aromatic rings. The number of amides is 3. The normalized spacial score (nSPS) is 29.4. The Hall–Kier alpha value is -1.97. The zero-order valence-corrected chi connectivity index (χ0v) is 17.5. The Labute approximate surface area is 171 Å². The molecule has 1 spiro atoms. The zero-order chi connectivity index (χ0) is 20.6. The predicted octanol–water partition coefficient (Wildman–Crippen LogP) is 1.45. The fourth-order valence-electron chi connectivity index (χ4n) is 4.45. The Morgan fingerprint density at radius 2 is 1.66 bits per heavy atom. The SMILES string of the molecule is CC1CCC2(CC1)NC(=O)N(CN1CCN(S(=O)(=O)c3ccccc3)CC1)C2=O. The van der Waals surface area contributed by atoms with Gasteiger partial charge in [0.2, 0.25) is 10.0 Å². The Morgan fingerprint density at radius 3 is 2.28 bits per heavy atom. The quantitative estimate of drug-likeness (QED) is 0.745. The van der Waals surface area contributed by atoms with Gasteiger partial charge in [-0.3, -0.25) is 9.69 Å². The molecule has 3 aliphatic rings. The molecule has 0 bridgehead atoms. The molecule has 2 heterocycles. The van der Waals surface area contributed by atoms with E-state index in [1.54, 1.807) is 30.3 Å². The van der Waals surface area contributed by atoms with Crippen LogP contribution in [0.5, 0.6) is 0 Å². The fraction of sp³-hybridized carbons (Fsp3) is 0.600. The molecule has 9 heteroatoms. The Bertz CT molecular complexity index is 873. The number of urea groups is 1. The average Bonchev–Trinajstić information content (AvgIpc) is 2.95. The summed E-state index contributed by atoms with van der Waals surface area (Å²) in [7, 11) is -3.51. The topological polar surface area (TPSA) is 90.0 Å². The summed E-state index contributed by atoms with van der Waals surface area (Å²) in [5, 5.41) is 2.94. The van der Waals surface area contributed by atoms with E-state index in [1.807, 2.05) is 4.90 Å². The van der Waals surface area contributed by atoms with Crippen molar-refractivity contribution in [2.24, 2.45) is 5.92 Å². The summed E-state index contributed by atoms with van der Waals surface area (Å²) in [6.45, 7) is 4.02. The average molecular weight is 421 g/mol. The summed E-state index contributed by atoms with van der Waals surface area (Å²) in [6, 6.07) is 8.07. The highest BCUT2D eigenvalue weighted by molar-refractivity contribution is 7.89. The van der Waals surface area contributed by atoms with E-state index in [-0.39, 0.29) is 23.5 Å². The van der Waals surface area contributed by atoms with Crippen LogP contribution in [-0.4, -0.2) is 72.8 Å². The van der Waals surface area contributed by atoms with Gasteiger partial charge in [0.1, 0.15) is 5.54 Å². The molecule has 3 fully saturated rings. The van der Waals surface area contributed by atoms with E-state index in [9.17, 15) is 18.0 Å². The van der Waals surface area contributed by atoms with E-state index in [2.05, 4.69) is 12.2 Å². The molecule has 2 aliphatic heterocycles. The van der Waals surface area contributed by atoms with Gasteiger partial charge >= 0.3 is 6.03 Å². The molecule has 1 saturated carbocycles. The summed E-state index contributed by atoms with van der Waals surface area (Å²) < 4.78 is 27.0. The molecule has 2 saturated heterocycles. The largest absolute Gasteiger partial charge is 0.326 e. The molecule has 0 unspecified atom stereocenters. The van der Waals surface area contributed by atoms with Crippen molar-refractivity contribution in [3.05, 3.63) is 30.3 Å². The molecule has 1 aromatic carbocycles. The molecule has 0 radical (unpaired) electrons. The van der Waals surface area contributed by atoms with E-state index in [0.717, 1.165) is 12.8 Å². The van der Waals surface area contributed by atoms with Gasteiger partial charge in [0.05, 0.1) is 11.6 Å². The number of rotatable bonds is 4. The van der Waals surface area contributed by atoms with Crippen molar-refractivity contribution in [2.75, 3.05) is 32.8 Å². The van der Waals surface area contributed by atoms with Crippen molar-refractivity contribution in [2.45, 2.75) is 43.0 Å². The van der Waals surface area contributed by atoms with Crippen molar-refractivity contribution in [3.8, 4) is 0 Å². The third-order valence-electron chi connectivity index (χ3n) is 6.43. The fourth-order valence-corrected chi connectivity index (χ4v) is 5.89. The molecule has 1 aliphatic carbocycles. The molecule has 0 aromatic heterocycles. The number of hydrogen-bond donors (Lipinski definition) is 1. The highest BCUT2D eigenvalue weighted by Gasteiger charge is 2.52. The van der Waals surface area contributed by atoms with Gasteiger partial charge in [0, 0.05) is 26.2 Å². The second-order valence-corrected chi connectivity index (χ2v) is 10.3. The van der Waals surface area contributed by atoms with Gasteiger partial charge in [0.15, 0.2) is 0 Å². The lowest BCUT2D eigenvalue weighted by Gasteiger charge is -2.36. The first kappa shape index (κ1) is 20.3. The standard InChI is InChI=1S/C20H28N4O4S/c1-16-7-9-20(10-8-16)18(25)24(19(26)21-20)15-22-11-13-23(14-12-22)29(27,28)17-5-3-2-4-6-17/h2-6,16H,7-15H2,1H3,(H,21,26). The maximum atomic E-state index is 13.0. The van der Waals surface area contributed by atoms with Crippen LogP contribution in [0, 0.1) is 5.92 Å². The number of sulfonamides is 1. The number of carbonyl (C=O) groups is 2. The number of imide groups is 1. The van der Waals surface area contributed by atoms with Gasteiger partial charge in [-0.15, -0.1) is 0 Å². The van der Waals surface area contributed by atoms with Crippen LogP contribution < -0.4 is 5.32 Å². The van der Waals surface area contributed by atoms with Gasteiger partial charge in [-0.25, -0.2) is 18.1 Å². The van der Waals surface area contributed by atoms with E-state index < -0.39 is 15.6 Å². The predicted molar refractivity (Wildman–Crippen MR) is 107 cm³/mol. The van der Waals surface area contributed by atoms with Crippen LogP contribution in [0.1, 0.15) is 32.6 Å². The van der Waals surface area contributed by atoms with Crippen LogP contribution in [0.25, 0.3) is 0 Å². The number of hydrogen-bond acceptors (Lipinski definition) is 5. The second-order valence-electron chi connectivity index (χ2n) is 8.40. The lowest BCUT2D eigenvalue weighted by Crippen LogP contribution is -2.53. The smallest absolute Gasteiger partial charge is 0.323 e. The Balaban J connectivity index is 1.36. The van der Waals surface area contributed by atoms with Crippen molar-refractivity contribution >= 4 is 22.0 Å². The maximum absolute atomic E-state index is 13.0. The molecule has 0 atom stereocenters. The van der Waals surface area contributed by atoms with Crippen LogP contribution in [-0.2, 0) is 14.8 Å². The summed E-state index contributed by atoms with van der Waals surface area (Å²) >= 11 is 0. The Morgan fingerprint density at radius 1 is 1.03 bits per heavy atom. The van der Waals surface area contributed by atoms with Crippen LogP contribution in [0.3, 0.4) is 0 Å². The highest BCUT2D eigenvalue weighted by Crippen LogP contribution is 2.36. The number of benzene rings is 1. The van der Waals surface area contributed by atoms with Gasteiger partial charge in [-0.1, -0.05) is 25.1 Å². The third-order valence-corrected chi connectivity index (χ3v) is 8.34. The van der Waals surface area contributed by atoms with Crippen LogP contribution in [0.2, 0.25) is 0 Å². The summed E-state index contributed by atoms with van der Waals surface area (Å²) in [5.74, 6) is 0.452. The van der Waals surface area contributed by atoms with Gasteiger partial charge in [0.25, 0.3) is 5.91 Å². The molecular weight excluding hydrogens is 392 g/mol. The van der Waals surface area contributed by atoms with Gasteiger partial charge in [-0.05, 0) is 43.7 Å². The third kappa shape index (κ3) is 3.78. The van der Waals surface area contributed by atoms with Crippen molar-refractivity contribution in [3.63, 3.8) is 0 Å². The lowest BCUT2D eigenvalue weighted by molar-refractivity contribution is -0.134. The molecule has 4 rings (SSSR count). The number of nitrogens with zero attached hydrogens (tertiary/aromatic N) is 3. The molecular formula is C20H28N4O4S. The number of nitrogens with one attached hydrogen (secondary N) is 1. The molecule has 158 valence electrons. The first-order valence-corrected chi connectivity index (χ1v) is 11.7. The minimum atomic E-state index is -3.51. The van der Waals surface area contributed by atoms with E-state index in [0.29, 0.717) is 44.9 Å². The van der Waals surface area contributed by atoms with Crippen LogP contribution in [0.15, 0.2) is 35.2 Å². The minimum absolute atomic E-state index is 0.131. The first-order valence-electron chi connectivity index (χ1n) is 10.2. The molecule has 3 amide bonds. The minimum Gasteiger partial charge on any atom is -0.323 e. The van der Waals surface area contributed by atoms with Crippen molar-refractivity contribution in [1.29, 1.82) is 0 Å². The highest BCUT2D eigenvalue weighted by atomic mass is 32.2. The molecule has 29 heavy (non-hydrogen) atoms. The van der Waals surface area contributed by atoms with E-state index in [4.69, 9.17) is 0 Å². The summed E-state index contributed by atoms with van der Waals surface area (Å²) in [6.07, 6.45) is 3.27. The van der Waals surface area contributed by atoms with Crippen molar-refractivity contribution < 1.29 is 18.0 Å². The summed E-state index contributed by atoms with van der Waals surface area (Å²) in [5.41, 5.74) is -0.734. The van der Waals surface area contributed by atoms with Crippen molar-refractivity contribution in [1.82, 2.24) is 19.4 Å². The molecule has 8 nitrogen and oxygen atoms in total. The summed E-state index contributed by atoms with van der Waals surface area (Å²) in [4.78, 5) is 29.0. The van der Waals surface area contributed by atoms with E-state index >= 15 is 0 Å². The monoisotopic (exact) mass is 420 g/mol. The number of carbonyl (C=O) groups excluding carboxylic acids is 2. The van der Waals surface area contributed by atoms with Crippen LogP contribution in [0.4, 0.5) is 4.79 Å². The van der Waals surface area contributed by atoms with Crippen LogP contribution >= 0.6 is 0 Å². The lowest BCUT2D eigenvalue weighted by atomic mass is 9.77.